The highest BCUT2D eigenvalue weighted by Crippen LogP contribution is 2.39. The molecule has 1 rings (SSSR count). The van der Waals surface area contributed by atoms with Crippen molar-refractivity contribution in [2.75, 3.05) is 20.8 Å². The maximum absolute atomic E-state index is 11.5. The molecule has 0 aliphatic carbocycles. The van der Waals surface area contributed by atoms with E-state index in [1.165, 1.54) is 13.2 Å². The molecule has 9 heteroatoms. The van der Waals surface area contributed by atoms with E-state index >= 15 is 0 Å². The van der Waals surface area contributed by atoms with Gasteiger partial charge in [-0.05, 0) is 79.0 Å². The highest BCUT2D eigenvalue weighted by Gasteiger charge is 2.41. The normalized spacial score (nSPS) is 17.2. The molecule has 49 heavy (non-hydrogen) atoms. The van der Waals surface area contributed by atoms with Crippen molar-refractivity contribution in [2.45, 2.75) is 117 Å². The number of rotatable bonds is 23. The highest BCUT2D eigenvalue weighted by atomic mass is 28.4. The van der Waals surface area contributed by atoms with Crippen LogP contribution in [0.1, 0.15) is 66.9 Å². The minimum atomic E-state index is -2.65. The van der Waals surface area contributed by atoms with Gasteiger partial charge in [-0.3, -0.25) is 0 Å². The van der Waals surface area contributed by atoms with Gasteiger partial charge in [0.05, 0.1) is 39.1 Å². The van der Waals surface area contributed by atoms with E-state index in [1.807, 2.05) is 42.5 Å². The number of methoxy groups -OCH3 is 2. The van der Waals surface area contributed by atoms with Crippen molar-refractivity contribution >= 4 is 22.8 Å². The second-order valence-electron chi connectivity index (χ2n) is 15.4. The molecular weight excluding hydrogens is 649 g/mol. The summed E-state index contributed by atoms with van der Waals surface area (Å²) in [6, 6.07) is 7.99. The van der Waals surface area contributed by atoms with E-state index in [9.17, 15) is 4.79 Å². The zero-order chi connectivity index (χ0) is 37.4. The Kier molecular flexibility index (Phi) is 19.3. The van der Waals surface area contributed by atoms with Crippen LogP contribution in [-0.2, 0) is 34.2 Å². The van der Waals surface area contributed by atoms with E-state index in [0.717, 1.165) is 17.7 Å². The molecule has 0 aliphatic heterocycles. The van der Waals surface area contributed by atoms with E-state index < -0.39 is 16.9 Å². The molecule has 0 bridgehead atoms. The van der Waals surface area contributed by atoms with Gasteiger partial charge in [-0.2, -0.15) is 0 Å². The SMILES string of the molecule is C=C[C@H](C[C@H](O[Si](C)(C)C(C)(C)C)[C@@H](C)/C=C/C=C\C(=O)OC)O[Si](C)(C)O[C@@H]([C@@H](C)C=C)[C@@H](C)C[C@@H](C)COCc1ccc(OC)cc1. The van der Waals surface area contributed by atoms with Gasteiger partial charge in [0.15, 0.2) is 8.32 Å². The molecule has 0 unspecified atom stereocenters. The Balaban J connectivity index is 3.02. The van der Waals surface area contributed by atoms with Crippen molar-refractivity contribution in [1.82, 2.24) is 0 Å². The molecule has 0 N–H and O–H groups in total. The first kappa shape index (κ1) is 44.7. The maximum Gasteiger partial charge on any atom is 0.332 e. The van der Waals surface area contributed by atoms with Gasteiger partial charge in [0.1, 0.15) is 5.75 Å². The summed E-state index contributed by atoms with van der Waals surface area (Å²) >= 11 is 0. The van der Waals surface area contributed by atoms with Gasteiger partial charge < -0.3 is 27.5 Å². The maximum atomic E-state index is 11.5. The number of carbonyl (C=O) groups is 1. The fourth-order valence-corrected chi connectivity index (χ4v) is 8.95. The lowest BCUT2D eigenvalue weighted by molar-refractivity contribution is -0.134. The molecule has 0 fully saturated rings. The minimum Gasteiger partial charge on any atom is -0.497 e. The van der Waals surface area contributed by atoms with Gasteiger partial charge in [0.25, 0.3) is 0 Å². The van der Waals surface area contributed by atoms with Crippen LogP contribution < -0.4 is 4.74 Å². The molecule has 0 spiro atoms. The number of esters is 1. The first-order valence-corrected chi connectivity index (χ1v) is 23.4. The molecule has 1 aromatic carbocycles. The average molecular weight is 717 g/mol. The summed E-state index contributed by atoms with van der Waals surface area (Å²) < 4.78 is 36.8. The summed E-state index contributed by atoms with van der Waals surface area (Å²) in [4.78, 5) is 11.5. The molecule has 1 aromatic rings. The second-order valence-corrected chi connectivity index (χ2v) is 23.5. The predicted molar refractivity (Wildman–Crippen MR) is 209 cm³/mol. The van der Waals surface area contributed by atoms with Crippen LogP contribution in [0.15, 0.2) is 73.9 Å². The van der Waals surface area contributed by atoms with E-state index in [4.69, 9.17) is 27.5 Å². The third kappa shape index (κ3) is 16.5. The third-order valence-electron chi connectivity index (χ3n) is 9.44. The topological polar surface area (TPSA) is 72.5 Å². The van der Waals surface area contributed by atoms with Crippen molar-refractivity contribution in [2.24, 2.45) is 23.7 Å². The van der Waals surface area contributed by atoms with Gasteiger partial charge >= 0.3 is 14.5 Å². The van der Waals surface area contributed by atoms with Crippen LogP contribution in [0.5, 0.6) is 5.75 Å². The lowest BCUT2D eigenvalue weighted by Crippen LogP contribution is -2.48. The van der Waals surface area contributed by atoms with Gasteiger partial charge in [0, 0.05) is 19.1 Å². The third-order valence-corrected chi connectivity index (χ3v) is 15.7. The molecule has 0 saturated carbocycles. The molecule has 7 nitrogen and oxygen atoms in total. The van der Waals surface area contributed by atoms with Crippen LogP contribution in [0.3, 0.4) is 0 Å². The zero-order valence-electron chi connectivity index (χ0n) is 32.9. The summed E-state index contributed by atoms with van der Waals surface area (Å²) in [5.74, 6) is 1.30. The first-order valence-electron chi connectivity index (χ1n) is 17.7. The number of carbonyl (C=O) groups excluding carboxylic acids is 1. The van der Waals surface area contributed by atoms with Gasteiger partial charge in [-0.1, -0.05) is 91.0 Å². The van der Waals surface area contributed by atoms with Gasteiger partial charge in [-0.25, -0.2) is 4.79 Å². The summed E-state index contributed by atoms with van der Waals surface area (Å²) in [7, 11) is -1.72. The Morgan fingerprint density at radius 3 is 2.02 bits per heavy atom. The molecule has 0 aliphatic rings. The number of benzene rings is 1. The highest BCUT2D eigenvalue weighted by molar-refractivity contribution is 6.74. The number of hydrogen-bond donors (Lipinski definition) is 0. The lowest BCUT2D eigenvalue weighted by atomic mass is 9.87. The average Bonchev–Trinajstić information content (AvgIpc) is 3.03. The summed E-state index contributed by atoms with van der Waals surface area (Å²) in [5.41, 5.74) is 1.13. The van der Waals surface area contributed by atoms with Crippen LogP contribution in [0.2, 0.25) is 31.2 Å². The van der Waals surface area contributed by atoms with Gasteiger partial charge in [-0.15, -0.1) is 13.2 Å². The Morgan fingerprint density at radius 1 is 0.857 bits per heavy atom. The molecule has 0 radical (unpaired) electrons. The molecular formula is C40H68O7Si2. The smallest absolute Gasteiger partial charge is 0.332 e. The quantitative estimate of drug-likeness (QED) is 0.0367. The van der Waals surface area contributed by atoms with Gasteiger partial charge in [0.2, 0.25) is 0 Å². The first-order chi connectivity index (χ1) is 22.8. The Labute approximate surface area is 301 Å². The van der Waals surface area contributed by atoms with E-state index in [-0.39, 0.29) is 47.1 Å². The van der Waals surface area contributed by atoms with Crippen LogP contribution >= 0.6 is 0 Å². The standard InChI is InChI=1S/C40H68O7Si2/c1-16-31(4)39(33(6)26-30(3)28-44-29-34-22-24-36(42-10)25-23-34)47-49(14,15)45-35(17-2)27-37(46-48(12,13)40(7,8)9)32(5)20-18-19-21-38(41)43-11/h16-25,30-33,35,37,39H,1-2,26-29H2,3-15H3/b20-18+,21-19-/t30-,31+,32+,33+,35-,37+,39+/m1/s1. The Morgan fingerprint density at radius 2 is 1.49 bits per heavy atom. The minimum absolute atomic E-state index is 0.0448. The molecule has 0 saturated heterocycles. The largest absolute Gasteiger partial charge is 0.497 e. The van der Waals surface area contributed by atoms with E-state index in [2.05, 4.69) is 93.9 Å². The summed E-state index contributed by atoms with van der Waals surface area (Å²) in [6.07, 6.45) is 12.1. The molecule has 0 amide bonds. The monoisotopic (exact) mass is 716 g/mol. The molecule has 0 aromatic heterocycles. The van der Waals surface area contributed by atoms with Crippen molar-refractivity contribution < 1.29 is 32.3 Å². The zero-order valence-corrected chi connectivity index (χ0v) is 34.9. The fourth-order valence-electron chi connectivity index (χ4n) is 5.44. The van der Waals surface area contributed by atoms with E-state index in [1.54, 1.807) is 13.2 Å². The van der Waals surface area contributed by atoms with Crippen LogP contribution in [-0.4, -0.2) is 62.0 Å². The molecule has 7 atom stereocenters. The van der Waals surface area contributed by atoms with Crippen molar-refractivity contribution in [3.8, 4) is 5.75 Å². The van der Waals surface area contributed by atoms with Crippen LogP contribution in [0, 0.1) is 23.7 Å². The predicted octanol–water partition coefficient (Wildman–Crippen LogP) is 10.1. The Hall–Kier alpha value is -2.28. The Bertz CT molecular complexity index is 1190. The van der Waals surface area contributed by atoms with Crippen LogP contribution in [0.25, 0.3) is 0 Å². The van der Waals surface area contributed by atoms with E-state index in [0.29, 0.717) is 25.6 Å². The van der Waals surface area contributed by atoms with Crippen molar-refractivity contribution in [3.63, 3.8) is 0 Å². The molecule has 278 valence electrons. The number of ether oxygens (including phenoxy) is 3. The number of hydrogen-bond acceptors (Lipinski definition) is 7. The summed E-state index contributed by atoms with van der Waals surface area (Å²) in [5, 5.41) is 0.0448. The van der Waals surface area contributed by atoms with Crippen molar-refractivity contribution in [3.05, 3.63) is 79.4 Å². The second kappa shape index (κ2) is 21.2. The lowest BCUT2D eigenvalue weighted by Gasteiger charge is -2.42. The fraction of sp³-hybridized carbons (Fsp3) is 0.625. The van der Waals surface area contributed by atoms with Crippen LogP contribution in [0.4, 0.5) is 0 Å². The summed E-state index contributed by atoms with van der Waals surface area (Å²) in [6.45, 7) is 33.8. The van der Waals surface area contributed by atoms with Crippen molar-refractivity contribution in [1.29, 1.82) is 0 Å². The number of allylic oxidation sites excluding steroid dienone is 2. The molecule has 0 heterocycles.